The molecule has 2 nitrogen and oxygen atoms in total. The van der Waals surface area contributed by atoms with Gasteiger partial charge in [0, 0.05) is 5.54 Å². The average Bonchev–Trinajstić information content (AvgIpc) is 3.07. The van der Waals surface area contributed by atoms with E-state index in [1.807, 2.05) is 0 Å². The van der Waals surface area contributed by atoms with Crippen molar-refractivity contribution in [3.8, 4) is 0 Å². The molecule has 2 aliphatic carbocycles. The number of aryl methyl sites for hydroxylation is 2. The molecule has 0 aromatic heterocycles. The van der Waals surface area contributed by atoms with Gasteiger partial charge in [0.15, 0.2) is 0 Å². The number of nitrogens with two attached hydrogens (primary N) is 1. The van der Waals surface area contributed by atoms with Crippen LogP contribution in [0.2, 0.25) is 0 Å². The number of fused-ring (bicyclic) bond motifs is 1. The molecule has 2 heteroatoms. The number of hydrogen-bond acceptors (Lipinski definition) is 2. The largest absolute Gasteiger partial charge is 0.386 e. The smallest absolute Gasteiger partial charge is 0.0969 e. The van der Waals surface area contributed by atoms with E-state index in [2.05, 4.69) is 18.2 Å². The summed E-state index contributed by atoms with van der Waals surface area (Å²) in [6.07, 6.45) is 6.36. The van der Waals surface area contributed by atoms with E-state index in [9.17, 15) is 5.11 Å². The summed E-state index contributed by atoms with van der Waals surface area (Å²) < 4.78 is 0. The Labute approximate surface area is 96.5 Å². The van der Waals surface area contributed by atoms with Crippen LogP contribution in [0.5, 0.6) is 0 Å². The number of rotatable bonds is 2. The quantitative estimate of drug-likeness (QED) is 0.796. The lowest BCUT2D eigenvalue weighted by Crippen LogP contribution is -2.30. The first-order valence-corrected chi connectivity index (χ1v) is 6.28. The Balaban J connectivity index is 1.90. The maximum Gasteiger partial charge on any atom is 0.0969 e. The van der Waals surface area contributed by atoms with Gasteiger partial charge < -0.3 is 10.8 Å². The molecule has 0 heterocycles. The molecule has 1 aromatic rings. The Bertz CT molecular complexity index is 409. The summed E-state index contributed by atoms with van der Waals surface area (Å²) in [5.74, 6) is 0. The zero-order valence-corrected chi connectivity index (χ0v) is 9.58. The van der Waals surface area contributed by atoms with Crippen LogP contribution in [0.4, 0.5) is 0 Å². The van der Waals surface area contributed by atoms with Crippen molar-refractivity contribution in [1.82, 2.24) is 0 Å². The fourth-order valence-electron chi connectivity index (χ4n) is 2.67. The summed E-state index contributed by atoms with van der Waals surface area (Å²) in [4.78, 5) is 0. The van der Waals surface area contributed by atoms with Gasteiger partial charge in [-0.2, -0.15) is 0 Å². The molecular formula is C14H19NO. The van der Waals surface area contributed by atoms with Gasteiger partial charge in [0.1, 0.15) is 0 Å². The number of hydrogen-bond donors (Lipinski definition) is 2. The maximum absolute atomic E-state index is 10.2. The van der Waals surface area contributed by atoms with Crippen LogP contribution >= 0.6 is 0 Å². The van der Waals surface area contributed by atoms with E-state index in [-0.39, 0.29) is 5.54 Å². The Morgan fingerprint density at radius 3 is 2.50 bits per heavy atom. The van der Waals surface area contributed by atoms with Crippen molar-refractivity contribution in [2.45, 2.75) is 50.2 Å². The van der Waals surface area contributed by atoms with Gasteiger partial charge in [0.2, 0.25) is 0 Å². The highest BCUT2D eigenvalue weighted by Crippen LogP contribution is 2.43. The second-order valence-electron chi connectivity index (χ2n) is 5.37. The predicted molar refractivity (Wildman–Crippen MR) is 64.2 cm³/mol. The zero-order valence-electron chi connectivity index (χ0n) is 9.58. The normalized spacial score (nSPS) is 23.6. The Morgan fingerprint density at radius 1 is 1.12 bits per heavy atom. The molecule has 16 heavy (non-hydrogen) atoms. The molecule has 0 aliphatic heterocycles. The average molecular weight is 217 g/mol. The minimum absolute atomic E-state index is 0.330. The van der Waals surface area contributed by atoms with E-state index in [1.54, 1.807) is 0 Å². The Morgan fingerprint density at radius 2 is 1.81 bits per heavy atom. The summed E-state index contributed by atoms with van der Waals surface area (Å²) in [6, 6.07) is 6.41. The SMILES string of the molecule is NC1(C(O)c2ccc3c(c2)CCCC3)CC1. The van der Waals surface area contributed by atoms with Crippen LogP contribution in [-0.4, -0.2) is 10.6 Å². The van der Waals surface area contributed by atoms with E-state index in [0.29, 0.717) is 0 Å². The molecule has 1 aromatic carbocycles. The molecule has 3 N–H and O–H groups in total. The molecule has 0 radical (unpaired) electrons. The fourth-order valence-corrected chi connectivity index (χ4v) is 2.67. The second kappa shape index (κ2) is 3.57. The topological polar surface area (TPSA) is 46.2 Å². The highest BCUT2D eigenvalue weighted by atomic mass is 16.3. The first-order valence-electron chi connectivity index (χ1n) is 6.28. The summed E-state index contributed by atoms with van der Waals surface area (Å²) in [5, 5.41) is 10.2. The van der Waals surface area contributed by atoms with Crippen LogP contribution in [0.25, 0.3) is 0 Å². The third-order valence-electron chi connectivity index (χ3n) is 4.06. The van der Waals surface area contributed by atoms with Crippen LogP contribution in [0.3, 0.4) is 0 Å². The van der Waals surface area contributed by atoms with Crippen LogP contribution < -0.4 is 5.73 Å². The molecule has 1 fully saturated rings. The lowest BCUT2D eigenvalue weighted by Gasteiger charge is -2.21. The second-order valence-corrected chi connectivity index (χ2v) is 5.37. The molecule has 0 bridgehead atoms. The monoisotopic (exact) mass is 217 g/mol. The highest BCUT2D eigenvalue weighted by molar-refractivity contribution is 5.36. The van der Waals surface area contributed by atoms with Crippen molar-refractivity contribution in [2.75, 3.05) is 0 Å². The van der Waals surface area contributed by atoms with Gasteiger partial charge in [0.05, 0.1) is 6.10 Å². The minimum Gasteiger partial charge on any atom is -0.386 e. The lowest BCUT2D eigenvalue weighted by atomic mass is 9.88. The summed E-state index contributed by atoms with van der Waals surface area (Å²) in [7, 11) is 0. The molecule has 3 rings (SSSR count). The zero-order chi connectivity index (χ0) is 11.2. The third kappa shape index (κ3) is 1.66. The van der Waals surface area contributed by atoms with Crippen LogP contribution in [0.1, 0.15) is 48.5 Å². The summed E-state index contributed by atoms with van der Waals surface area (Å²) >= 11 is 0. The molecule has 0 saturated heterocycles. The molecule has 1 saturated carbocycles. The van der Waals surface area contributed by atoms with Crippen molar-refractivity contribution >= 4 is 0 Å². The lowest BCUT2D eigenvalue weighted by molar-refractivity contribution is 0.136. The summed E-state index contributed by atoms with van der Waals surface area (Å²) in [5.41, 5.74) is 9.62. The highest BCUT2D eigenvalue weighted by Gasteiger charge is 2.45. The van der Waals surface area contributed by atoms with Crippen LogP contribution in [0, 0.1) is 0 Å². The Kier molecular flexibility index (Phi) is 2.30. The first kappa shape index (κ1) is 10.3. The molecule has 86 valence electrons. The van der Waals surface area contributed by atoms with Crippen molar-refractivity contribution in [1.29, 1.82) is 0 Å². The van der Waals surface area contributed by atoms with Crippen LogP contribution in [-0.2, 0) is 12.8 Å². The van der Waals surface area contributed by atoms with Gasteiger partial charge in [0.25, 0.3) is 0 Å². The van der Waals surface area contributed by atoms with E-state index in [0.717, 1.165) is 24.8 Å². The van der Waals surface area contributed by atoms with Crippen molar-refractivity contribution < 1.29 is 5.11 Å². The van der Waals surface area contributed by atoms with Gasteiger partial charge >= 0.3 is 0 Å². The molecular weight excluding hydrogens is 198 g/mol. The maximum atomic E-state index is 10.2. The molecule has 1 unspecified atom stereocenters. The fraction of sp³-hybridized carbons (Fsp3) is 0.571. The third-order valence-corrected chi connectivity index (χ3v) is 4.06. The van der Waals surface area contributed by atoms with Gasteiger partial charge in [-0.05, 0) is 55.2 Å². The number of benzene rings is 1. The van der Waals surface area contributed by atoms with Gasteiger partial charge in [-0.15, -0.1) is 0 Å². The van der Waals surface area contributed by atoms with E-state index in [4.69, 9.17) is 5.73 Å². The number of aliphatic hydroxyl groups is 1. The molecule has 1 atom stereocenters. The first-order chi connectivity index (χ1) is 7.69. The van der Waals surface area contributed by atoms with Crippen molar-refractivity contribution in [3.05, 3.63) is 34.9 Å². The predicted octanol–water partition coefficient (Wildman–Crippen LogP) is 2.09. The molecule has 0 amide bonds. The van der Waals surface area contributed by atoms with E-state index in [1.165, 1.54) is 30.4 Å². The van der Waals surface area contributed by atoms with Gasteiger partial charge in [-0.1, -0.05) is 18.2 Å². The van der Waals surface area contributed by atoms with E-state index >= 15 is 0 Å². The number of aliphatic hydroxyl groups excluding tert-OH is 1. The van der Waals surface area contributed by atoms with Gasteiger partial charge in [-0.25, -0.2) is 0 Å². The molecule has 0 spiro atoms. The van der Waals surface area contributed by atoms with Crippen molar-refractivity contribution in [3.63, 3.8) is 0 Å². The summed E-state index contributed by atoms with van der Waals surface area (Å²) in [6.45, 7) is 0. The van der Waals surface area contributed by atoms with Gasteiger partial charge in [-0.3, -0.25) is 0 Å². The van der Waals surface area contributed by atoms with Crippen molar-refractivity contribution in [2.24, 2.45) is 5.73 Å². The van der Waals surface area contributed by atoms with E-state index < -0.39 is 6.10 Å². The minimum atomic E-state index is -0.472. The standard InChI is InChI=1S/C14H19NO/c15-14(7-8-14)13(16)12-6-5-10-3-1-2-4-11(10)9-12/h5-6,9,13,16H,1-4,7-8,15H2. The Hall–Kier alpha value is -0.860. The van der Waals surface area contributed by atoms with Crippen LogP contribution in [0.15, 0.2) is 18.2 Å². The molecule has 2 aliphatic rings.